The zero-order chi connectivity index (χ0) is 12.4. The van der Waals surface area contributed by atoms with Crippen molar-refractivity contribution in [3.63, 3.8) is 0 Å². The first-order chi connectivity index (χ1) is 8.06. The van der Waals surface area contributed by atoms with Gasteiger partial charge in [-0.1, -0.05) is 23.2 Å². The van der Waals surface area contributed by atoms with Gasteiger partial charge in [0.15, 0.2) is 0 Å². The third-order valence-electron chi connectivity index (χ3n) is 3.01. The van der Waals surface area contributed by atoms with Crippen LogP contribution in [0.3, 0.4) is 0 Å². The van der Waals surface area contributed by atoms with Crippen LogP contribution in [-0.4, -0.2) is 23.2 Å². The van der Waals surface area contributed by atoms with Crippen LogP contribution in [0.1, 0.15) is 18.4 Å². The fraction of sp³-hybridized carbons (Fsp3) is 0.417. The average Bonchev–Trinajstić information content (AvgIpc) is 2.72. The average molecular weight is 274 g/mol. The molecule has 0 spiro atoms. The van der Waals surface area contributed by atoms with Gasteiger partial charge in [-0.15, -0.1) is 0 Å². The fourth-order valence-corrected chi connectivity index (χ4v) is 2.53. The van der Waals surface area contributed by atoms with Crippen molar-refractivity contribution in [2.75, 3.05) is 0 Å². The van der Waals surface area contributed by atoms with Crippen molar-refractivity contribution in [2.24, 2.45) is 0 Å². The number of carbonyl (C=O) groups is 1. The van der Waals surface area contributed by atoms with Crippen molar-refractivity contribution in [3.8, 4) is 0 Å². The smallest absolute Gasteiger partial charge is 0.320 e. The van der Waals surface area contributed by atoms with Gasteiger partial charge in [0.25, 0.3) is 0 Å². The van der Waals surface area contributed by atoms with Gasteiger partial charge in [-0.3, -0.25) is 4.79 Å². The highest BCUT2D eigenvalue weighted by molar-refractivity contribution is 6.33. The highest BCUT2D eigenvalue weighted by atomic mass is 35.5. The molecule has 1 aliphatic rings. The number of hydrogen-bond acceptors (Lipinski definition) is 2. The standard InChI is InChI=1S/C12H13Cl2NO2/c13-8-1-3-10(14)7(5-8)6-9-2-4-11(15-9)12(16)17/h1,3,5,9,11,15H,2,4,6H2,(H,16,17). The second-order valence-corrected chi connectivity index (χ2v) is 5.12. The number of benzene rings is 1. The van der Waals surface area contributed by atoms with Gasteiger partial charge >= 0.3 is 5.97 Å². The second kappa shape index (κ2) is 5.25. The number of rotatable bonds is 3. The maximum absolute atomic E-state index is 10.8. The van der Waals surface area contributed by atoms with Crippen LogP contribution in [0.25, 0.3) is 0 Å². The molecule has 0 aliphatic carbocycles. The lowest BCUT2D eigenvalue weighted by Crippen LogP contribution is -2.36. The molecule has 2 rings (SSSR count). The first-order valence-electron chi connectivity index (χ1n) is 5.49. The minimum absolute atomic E-state index is 0.159. The van der Waals surface area contributed by atoms with Crippen LogP contribution in [0, 0.1) is 0 Å². The van der Waals surface area contributed by atoms with E-state index in [1.807, 2.05) is 6.07 Å². The number of carboxylic acids is 1. The van der Waals surface area contributed by atoms with Gasteiger partial charge in [0, 0.05) is 16.1 Å². The topological polar surface area (TPSA) is 49.3 Å². The van der Waals surface area contributed by atoms with E-state index < -0.39 is 12.0 Å². The molecule has 5 heteroatoms. The van der Waals surface area contributed by atoms with Gasteiger partial charge in [0.05, 0.1) is 0 Å². The molecular formula is C12H13Cl2NO2. The summed E-state index contributed by atoms with van der Waals surface area (Å²) in [5.41, 5.74) is 0.961. The van der Waals surface area contributed by atoms with Crippen molar-refractivity contribution in [1.82, 2.24) is 5.32 Å². The molecule has 0 amide bonds. The summed E-state index contributed by atoms with van der Waals surface area (Å²) in [6, 6.07) is 5.07. The summed E-state index contributed by atoms with van der Waals surface area (Å²) >= 11 is 12.0. The predicted octanol–water partition coefficient (Wildman–Crippen LogP) is 2.74. The Morgan fingerprint density at radius 1 is 1.41 bits per heavy atom. The van der Waals surface area contributed by atoms with Crippen LogP contribution in [0.4, 0.5) is 0 Å². The van der Waals surface area contributed by atoms with Gasteiger partial charge in [-0.05, 0) is 43.0 Å². The van der Waals surface area contributed by atoms with Crippen LogP contribution in [0.2, 0.25) is 10.0 Å². The third kappa shape index (κ3) is 3.12. The lowest BCUT2D eigenvalue weighted by Gasteiger charge is -2.13. The van der Waals surface area contributed by atoms with E-state index in [9.17, 15) is 4.79 Å². The molecule has 2 N–H and O–H groups in total. The summed E-state index contributed by atoms with van der Waals surface area (Å²) in [7, 11) is 0. The van der Waals surface area contributed by atoms with Gasteiger partial charge < -0.3 is 10.4 Å². The van der Waals surface area contributed by atoms with Crippen molar-refractivity contribution < 1.29 is 9.90 Å². The molecule has 1 fully saturated rings. The Morgan fingerprint density at radius 3 is 2.82 bits per heavy atom. The molecule has 2 unspecified atom stereocenters. The van der Waals surface area contributed by atoms with E-state index in [0.717, 1.165) is 12.0 Å². The molecule has 17 heavy (non-hydrogen) atoms. The molecular weight excluding hydrogens is 261 g/mol. The SMILES string of the molecule is O=C(O)C1CCC(Cc2cc(Cl)ccc2Cl)N1. The zero-order valence-corrected chi connectivity index (χ0v) is 10.6. The highest BCUT2D eigenvalue weighted by Gasteiger charge is 2.28. The minimum atomic E-state index is -0.787. The third-order valence-corrected chi connectivity index (χ3v) is 3.62. The van der Waals surface area contributed by atoms with Gasteiger partial charge in [0.1, 0.15) is 6.04 Å². The molecule has 2 atom stereocenters. The molecule has 1 heterocycles. The summed E-state index contributed by atoms with van der Waals surface area (Å²) in [5, 5.41) is 13.3. The second-order valence-electron chi connectivity index (χ2n) is 4.27. The van der Waals surface area contributed by atoms with E-state index >= 15 is 0 Å². The van der Waals surface area contributed by atoms with Gasteiger partial charge in [0.2, 0.25) is 0 Å². The van der Waals surface area contributed by atoms with Crippen LogP contribution < -0.4 is 5.32 Å². The Kier molecular flexibility index (Phi) is 3.92. The summed E-state index contributed by atoms with van der Waals surface area (Å²) in [6.45, 7) is 0. The maximum atomic E-state index is 10.8. The first-order valence-corrected chi connectivity index (χ1v) is 6.24. The van der Waals surface area contributed by atoms with Crippen LogP contribution in [-0.2, 0) is 11.2 Å². The van der Waals surface area contributed by atoms with Crippen LogP contribution >= 0.6 is 23.2 Å². The molecule has 1 aromatic carbocycles. The number of halogens is 2. The van der Waals surface area contributed by atoms with Gasteiger partial charge in [-0.2, -0.15) is 0 Å². The van der Waals surface area contributed by atoms with E-state index in [1.54, 1.807) is 12.1 Å². The van der Waals surface area contributed by atoms with Gasteiger partial charge in [-0.25, -0.2) is 0 Å². The molecule has 1 aliphatic heterocycles. The van der Waals surface area contributed by atoms with E-state index in [0.29, 0.717) is 22.9 Å². The maximum Gasteiger partial charge on any atom is 0.320 e. The zero-order valence-electron chi connectivity index (χ0n) is 9.12. The lowest BCUT2D eigenvalue weighted by molar-refractivity contribution is -0.139. The Hall–Kier alpha value is -0.770. The van der Waals surface area contributed by atoms with Crippen molar-refractivity contribution in [3.05, 3.63) is 33.8 Å². The van der Waals surface area contributed by atoms with E-state index in [2.05, 4.69) is 5.32 Å². The normalized spacial score (nSPS) is 23.9. The first kappa shape index (κ1) is 12.7. The summed E-state index contributed by atoms with van der Waals surface area (Å²) in [5.74, 6) is -0.787. The largest absolute Gasteiger partial charge is 0.480 e. The Bertz CT molecular complexity index is 437. The Labute approximate surface area is 110 Å². The molecule has 0 aromatic heterocycles. The Balaban J connectivity index is 2.02. The number of carboxylic acid groups (broad SMARTS) is 1. The molecule has 0 radical (unpaired) electrons. The Morgan fingerprint density at radius 2 is 2.18 bits per heavy atom. The summed E-state index contributed by atoms with van der Waals surface area (Å²) in [6.07, 6.45) is 2.22. The quantitative estimate of drug-likeness (QED) is 0.891. The molecule has 1 aromatic rings. The molecule has 0 bridgehead atoms. The van der Waals surface area contributed by atoms with Crippen LogP contribution in [0.5, 0.6) is 0 Å². The molecule has 92 valence electrons. The predicted molar refractivity (Wildman–Crippen MR) is 67.7 cm³/mol. The van der Waals surface area contributed by atoms with Crippen LogP contribution in [0.15, 0.2) is 18.2 Å². The lowest BCUT2D eigenvalue weighted by atomic mass is 10.0. The summed E-state index contributed by atoms with van der Waals surface area (Å²) in [4.78, 5) is 10.8. The summed E-state index contributed by atoms with van der Waals surface area (Å²) < 4.78 is 0. The van der Waals surface area contributed by atoms with Crippen molar-refractivity contribution in [2.45, 2.75) is 31.3 Å². The number of aliphatic carboxylic acids is 1. The molecule has 0 saturated carbocycles. The van der Waals surface area contributed by atoms with E-state index in [-0.39, 0.29) is 6.04 Å². The van der Waals surface area contributed by atoms with Crippen molar-refractivity contribution >= 4 is 29.2 Å². The molecule has 1 saturated heterocycles. The van der Waals surface area contributed by atoms with Crippen molar-refractivity contribution in [1.29, 1.82) is 0 Å². The monoisotopic (exact) mass is 273 g/mol. The fourth-order valence-electron chi connectivity index (χ4n) is 2.14. The van der Waals surface area contributed by atoms with E-state index in [4.69, 9.17) is 28.3 Å². The van der Waals surface area contributed by atoms with E-state index in [1.165, 1.54) is 0 Å². The number of hydrogen-bond donors (Lipinski definition) is 2. The highest BCUT2D eigenvalue weighted by Crippen LogP contribution is 2.24. The molecule has 3 nitrogen and oxygen atoms in total. The minimum Gasteiger partial charge on any atom is -0.480 e. The number of nitrogens with one attached hydrogen (secondary N) is 1.